The number of hydrogen-bond acceptors (Lipinski definition) is 7. The molecule has 0 bridgehead atoms. The van der Waals surface area contributed by atoms with E-state index < -0.39 is 5.91 Å². The van der Waals surface area contributed by atoms with E-state index in [4.69, 9.17) is 33.5 Å². The fourth-order valence-corrected chi connectivity index (χ4v) is 2.72. The Morgan fingerprint density at radius 3 is 2.41 bits per heavy atom. The third-order valence-electron chi connectivity index (χ3n) is 4.31. The van der Waals surface area contributed by atoms with Gasteiger partial charge in [0.2, 0.25) is 0 Å². The van der Waals surface area contributed by atoms with Crippen molar-refractivity contribution < 1.29 is 26.8 Å². The highest BCUT2D eigenvalue weighted by Crippen LogP contribution is 2.17. The Bertz CT molecular complexity index is 912. The zero-order valence-corrected chi connectivity index (χ0v) is 20.9. The number of anilines is 2. The predicted molar refractivity (Wildman–Crippen MR) is 136 cm³/mol. The van der Waals surface area contributed by atoms with Gasteiger partial charge in [0.25, 0.3) is 5.91 Å². The maximum atomic E-state index is 12.2. The Hall–Kier alpha value is -2.53. The van der Waals surface area contributed by atoms with Crippen molar-refractivity contribution in [3.05, 3.63) is 40.7 Å². The van der Waals surface area contributed by atoms with Crippen LogP contribution in [0.2, 0.25) is 5.15 Å². The number of carbonyl (C=O) groups is 1. The Morgan fingerprint density at radius 2 is 1.79 bits per heavy atom. The van der Waals surface area contributed by atoms with Crippen LogP contribution in [0.4, 0.5) is 11.6 Å². The van der Waals surface area contributed by atoms with Gasteiger partial charge in [0.1, 0.15) is 18.9 Å². The number of aryl methyl sites for hydroxylation is 1. The van der Waals surface area contributed by atoms with E-state index in [1.54, 1.807) is 0 Å². The maximum absolute atomic E-state index is 12.2. The number of guanidine groups is 1. The molecular weight excluding hydrogens is 503 g/mol. The third kappa shape index (κ3) is 11.6. The maximum Gasteiger partial charge on any atom is 0.280 e. The summed E-state index contributed by atoms with van der Waals surface area (Å²) in [5, 5.41) is 2.31. The minimum Gasteiger partial charge on any atom is -1.00 e. The van der Waals surface area contributed by atoms with E-state index >= 15 is 0 Å². The summed E-state index contributed by atoms with van der Waals surface area (Å²) in [5.74, 6) is 0.0145. The number of quaternary nitrogens is 1. The predicted octanol–water partition coefficient (Wildman–Crippen LogP) is -2.05. The summed E-state index contributed by atoms with van der Waals surface area (Å²) in [7, 11) is 4.19. The lowest BCUT2D eigenvalue weighted by molar-refractivity contribution is -0.858. The van der Waals surface area contributed by atoms with Crippen LogP contribution in [0.5, 0.6) is 5.75 Å². The molecule has 0 spiro atoms. The molecule has 0 aliphatic rings. The molecule has 0 unspecified atom stereocenters. The van der Waals surface area contributed by atoms with Gasteiger partial charge < -0.3 is 39.2 Å². The molecule has 0 aliphatic heterocycles. The van der Waals surface area contributed by atoms with Crippen molar-refractivity contribution in [1.82, 2.24) is 15.3 Å². The van der Waals surface area contributed by atoms with E-state index in [2.05, 4.69) is 46.5 Å². The van der Waals surface area contributed by atoms with Gasteiger partial charge in [-0.05, 0) is 37.0 Å². The van der Waals surface area contributed by atoms with Crippen molar-refractivity contribution in [2.24, 2.45) is 10.7 Å². The number of amides is 1. The van der Waals surface area contributed by atoms with E-state index in [1.807, 2.05) is 12.1 Å². The number of nitrogen functional groups attached to an aromatic ring is 2. The molecule has 0 fully saturated rings. The minimum absolute atomic E-state index is 0. The normalized spacial score (nSPS) is 10.5. The first-order chi connectivity index (χ1) is 14.8. The molecule has 0 radical (unpaired) electrons. The summed E-state index contributed by atoms with van der Waals surface area (Å²) >= 11 is 5.77. The van der Waals surface area contributed by atoms with Gasteiger partial charge in [0, 0.05) is 6.54 Å². The molecular formula is C21H35Cl3N8O2. The van der Waals surface area contributed by atoms with Gasteiger partial charge in [-0.3, -0.25) is 15.1 Å². The number of aliphatic imine (C=N–C) groups is 1. The number of carbonyl (C=O) groups excluding carboxylic acids is 1. The van der Waals surface area contributed by atoms with E-state index in [0.29, 0.717) is 13.2 Å². The Labute approximate surface area is 218 Å². The standard InChI is InChI=1S/C20H29ClN8O2.CH4.2ClH/c1-29(2)11-12-31-14-8-6-13(7-9-14)5-3-4-10-25-20(24)28-19(30)15-17(22)27-18(23)16(21)26-15;;;/h6-9H,3-5,10-12H2,1-2H3,(H4,22,23,27)(H3,24,25,28,30);1H4;2*1H. The number of hydrogen-bond donors (Lipinski definition) is 5. The number of aromatic nitrogens is 2. The third-order valence-corrected chi connectivity index (χ3v) is 4.59. The van der Waals surface area contributed by atoms with Crippen LogP contribution in [0.3, 0.4) is 0 Å². The molecule has 1 aromatic carbocycles. The quantitative estimate of drug-likeness (QED) is 0.132. The number of benzene rings is 1. The number of nitrogens with zero attached hydrogens (tertiary/aromatic N) is 3. The number of likely N-dealkylation sites (N-methyl/N-ethyl adjacent to an activating group) is 1. The lowest BCUT2D eigenvalue weighted by atomic mass is 10.1. The molecule has 10 nitrogen and oxygen atoms in total. The first-order valence-corrected chi connectivity index (χ1v) is 10.3. The lowest BCUT2D eigenvalue weighted by Gasteiger charge is -2.09. The molecule has 0 aliphatic carbocycles. The highest BCUT2D eigenvalue weighted by Gasteiger charge is 2.16. The van der Waals surface area contributed by atoms with Crippen LogP contribution in [0.15, 0.2) is 29.3 Å². The summed E-state index contributed by atoms with van der Waals surface area (Å²) in [5.41, 5.74) is 18.0. The van der Waals surface area contributed by atoms with Crippen LogP contribution in [0.1, 0.15) is 36.3 Å². The topological polar surface area (TPSA) is 159 Å². The minimum atomic E-state index is -0.651. The first kappa shape index (κ1) is 33.6. The van der Waals surface area contributed by atoms with Crippen LogP contribution in [-0.4, -0.2) is 55.6 Å². The highest BCUT2D eigenvalue weighted by atomic mass is 35.5. The number of nitrogens with two attached hydrogens (primary N) is 3. The van der Waals surface area contributed by atoms with Crippen molar-refractivity contribution in [3.63, 3.8) is 0 Å². The number of ether oxygens (including phenoxy) is 1. The highest BCUT2D eigenvalue weighted by molar-refractivity contribution is 6.31. The molecule has 2 rings (SSSR count). The molecule has 34 heavy (non-hydrogen) atoms. The van der Waals surface area contributed by atoms with Crippen LogP contribution in [0.25, 0.3) is 0 Å². The van der Waals surface area contributed by atoms with Gasteiger partial charge in [-0.1, -0.05) is 31.2 Å². The average Bonchev–Trinajstić information content (AvgIpc) is 2.71. The molecule has 1 amide bonds. The Morgan fingerprint density at radius 1 is 1.15 bits per heavy atom. The van der Waals surface area contributed by atoms with Crippen LogP contribution in [0, 0.1) is 0 Å². The molecule has 0 saturated carbocycles. The molecule has 0 atom stereocenters. The van der Waals surface area contributed by atoms with Gasteiger partial charge in [0.15, 0.2) is 28.4 Å². The second-order valence-electron chi connectivity index (χ2n) is 7.26. The number of unbranched alkanes of at least 4 members (excludes halogenated alkanes) is 1. The van der Waals surface area contributed by atoms with Gasteiger partial charge in [-0.25, -0.2) is 9.97 Å². The second kappa shape index (κ2) is 17.0. The lowest BCUT2D eigenvalue weighted by Crippen LogP contribution is -3.06. The fourth-order valence-electron chi connectivity index (χ4n) is 2.59. The van der Waals surface area contributed by atoms with E-state index in [1.165, 1.54) is 10.5 Å². The average molecular weight is 538 g/mol. The molecule has 192 valence electrons. The van der Waals surface area contributed by atoms with Crippen molar-refractivity contribution in [1.29, 1.82) is 0 Å². The second-order valence-corrected chi connectivity index (χ2v) is 7.62. The molecule has 1 aromatic heterocycles. The zero-order chi connectivity index (χ0) is 22.8. The Balaban J connectivity index is 0. The van der Waals surface area contributed by atoms with Crippen molar-refractivity contribution >= 4 is 47.5 Å². The number of halogens is 3. The van der Waals surface area contributed by atoms with E-state index in [0.717, 1.165) is 31.6 Å². The summed E-state index contributed by atoms with van der Waals surface area (Å²) in [4.78, 5) is 25.2. The van der Waals surface area contributed by atoms with Gasteiger partial charge in [-0.15, -0.1) is 12.4 Å². The smallest absolute Gasteiger partial charge is 0.280 e. The monoisotopic (exact) mass is 536 g/mol. The zero-order valence-electron chi connectivity index (χ0n) is 18.6. The van der Waals surface area contributed by atoms with Gasteiger partial charge in [-0.2, -0.15) is 0 Å². The summed E-state index contributed by atoms with van der Waals surface area (Å²) in [6.07, 6.45) is 2.66. The molecule has 8 N–H and O–H groups in total. The van der Waals surface area contributed by atoms with Crippen molar-refractivity contribution in [2.75, 3.05) is 45.3 Å². The summed E-state index contributed by atoms with van der Waals surface area (Å²) < 4.78 is 5.71. The van der Waals surface area contributed by atoms with E-state index in [9.17, 15) is 4.79 Å². The number of nitrogens with one attached hydrogen (secondary N) is 2. The molecule has 0 saturated heterocycles. The van der Waals surface area contributed by atoms with Gasteiger partial charge in [0.05, 0.1) is 14.1 Å². The van der Waals surface area contributed by atoms with Crippen LogP contribution < -0.4 is 44.6 Å². The summed E-state index contributed by atoms with van der Waals surface area (Å²) in [6, 6.07) is 8.12. The molecule has 13 heteroatoms. The van der Waals surface area contributed by atoms with Crippen LogP contribution >= 0.6 is 24.0 Å². The number of rotatable bonds is 10. The Kier molecular flexibility index (Phi) is 16.8. The van der Waals surface area contributed by atoms with Crippen molar-refractivity contribution in [2.45, 2.75) is 26.7 Å². The van der Waals surface area contributed by atoms with Crippen LogP contribution in [-0.2, 0) is 6.42 Å². The molecule has 1 heterocycles. The largest absolute Gasteiger partial charge is 1.00 e. The first-order valence-electron chi connectivity index (χ1n) is 9.96. The molecule has 2 aromatic rings. The SMILES string of the molecule is C.C[NH+](C)CCOc1ccc(CCCCN=C(N)NC(=O)c2nc(Cl)c(N)nc2N)cc1.Cl.[Cl-]. The fraction of sp³-hybridized carbons (Fsp3) is 0.429. The summed E-state index contributed by atoms with van der Waals surface area (Å²) in [6.45, 7) is 2.13. The van der Waals surface area contributed by atoms with Crippen molar-refractivity contribution in [3.8, 4) is 5.75 Å². The van der Waals surface area contributed by atoms with Gasteiger partial charge >= 0.3 is 0 Å². The van der Waals surface area contributed by atoms with E-state index in [-0.39, 0.29) is 60.7 Å².